The lowest BCUT2D eigenvalue weighted by Crippen LogP contribution is -2.41. The minimum atomic E-state index is 0.837. The van der Waals surface area contributed by atoms with Crippen molar-refractivity contribution in [2.45, 2.75) is 53.0 Å². The first-order valence-corrected chi connectivity index (χ1v) is 8.09. The maximum atomic E-state index is 4.65. The van der Waals surface area contributed by atoms with Crippen LogP contribution in [0.4, 0.5) is 0 Å². The van der Waals surface area contributed by atoms with Crippen molar-refractivity contribution in [1.29, 1.82) is 0 Å². The lowest BCUT2D eigenvalue weighted by atomic mass is 10.3. The molecule has 0 aliphatic rings. The molecule has 1 aromatic rings. The fourth-order valence-electron chi connectivity index (χ4n) is 2.06. The molecule has 0 fully saturated rings. The first kappa shape index (κ1) is 17.5. The van der Waals surface area contributed by atoms with Crippen LogP contribution in [-0.2, 0) is 13.0 Å². The summed E-state index contributed by atoms with van der Waals surface area (Å²) in [7, 11) is 2.10. The van der Waals surface area contributed by atoms with Crippen LogP contribution in [0.5, 0.6) is 0 Å². The fraction of sp³-hybridized carbons (Fsp3) is 0.800. The average molecular weight is 294 g/mol. The van der Waals surface area contributed by atoms with Gasteiger partial charge in [-0.25, -0.2) is 0 Å². The van der Waals surface area contributed by atoms with E-state index in [-0.39, 0.29) is 0 Å². The number of aliphatic imine (C=N–C) groups is 1. The highest BCUT2D eigenvalue weighted by atomic mass is 15.3. The lowest BCUT2D eigenvalue weighted by molar-refractivity contribution is 0.460. The lowest BCUT2D eigenvalue weighted by Gasteiger charge is -2.22. The number of rotatable bonds is 9. The molecule has 0 atom stereocenters. The molecule has 1 aromatic heterocycles. The second kappa shape index (κ2) is 10.2. The molecule has 0 aliphatic carbocycles. The smallest absolute Gasteiger partial charge is 0.193 e. The van der Waals surface area contributed by atoms with E-state index in [0.29, 0.717) is 0 Å². The van der Waals surface area contributed by atoms with Crippen LogP contribution in [0, 0.1) is 0 Å². The van der Waals surface area contributed by atoms with E-state index in [4.69, 9.17) is 0 Å². The van der Waals surface area contributed by atoms with Gasteiger partial charge < -0.3 is 14.8 Å². The second-order valence-corrected chi connectivity index (χ2v) is 5.20. The van der Waals surface area contributed by atoms with Crippen molar-refractivity contribution in [3.63, 3.8) is 0 Å². The summed E-state index contributed by atoms with van der Waals surface area (Å²) in [4.78, 5) is 6.86. The van der Waals surface area contributed by atoms with E-state index in [1.165, 1.54) is 12.8 Å². The maximum Gasteiger partial charge on any atom is 0.193 e. The molecule has 0 aliphatic heterocycles. The van der Waals surface area contributed by atoms with E-state index in [0.717, 1.165) is 50.8 Å². The Labute approximate surface area is 128 Å². The fourth-order valence-corrected chi connectivity index (χ4v) is 2.06. The monoisotopic (exact) mass is 294 g/mol. The van der Waals surface area contributed by atoms with Crippen LogP contribution in [0.2, 0.25) is 0 Å². The molecular formula is C15H30N6. The molecule has 1 N–H and O–H groups in total. The minimum Gasteiger partial charge on any atom is -0.354 e. The van der Waals surface area contributed by atoms with Crippen molar-refractivity contribution in [1.82, 2.24) is 25.0 Å². The van der Waals surface area contributed by atoms with Gasteiger partial charge in [0.15, 0.2) is 5.96 Å². The summed E-state index contributed by atoms with van der Waals surface area (Å²) in [5, 5.41) is 11.5. The summed E-state index contributed by atoms with van der Waals surface area (Å²) in [5.74, 6) is 2.03. The quantitative estimate of drug-likeness (QED) is 0.558. The van der Waals surface area contributed by atoms with E-state index < -0.39 is 0 Å². The normalized spacial score (nSPS) is 11.7. The molecule has 1 heterocycles. The summed E-state index contributed by atoms with van der Waals surface area (Å²) in [6, 6.07) is 0. The van der Waals surface area contributed by atoms with Crippen LogP contribution in [0.1, 0.15) is 45.9 Å². The third-order valence-corrected chi connectivity index (χ3v) is 3.34. The Balaban J connectivity index is 2.49. The number of guanidine groups is 1. The zero-order valence-electron chi connectivity index (χ0n) is 14.0. The van der Waals surface area contributed by atoms with Gasteiger partial charge >= 0.3 is 0 Å². The van der Waals surface area contributed by atoms with Gasteiger partial charge in [-0.3, -0.25) is 4.99 Å². The van der Waals surface area contributed by atoms with Gasteiger partial charge in [0.1, 0.15) is 12.2 Å². The summed E-state index contributed by atoms with van der Waals surface area (Å²) in [6.07, 6.45) is 6.16. The predicted octanol–water partition coefficient (Wildman–Crippen LogP) is 1.93. The van der Waals surface area contributed by atoms with Gasteiger partial charge in [0, 0.05) is 39.6 Å². The average Bonchev–Trinajstić information content (AvgIpc) is 2.95. The zero-order chi connectivity index (χ0) is 15.5. The molecule has 0 saturated carbocycles. The first-order chi connectivity index (χ1) is 10.2. The standard InChI is InChI=1S/C15H30N6/c1-5-8-11-20(4)15(16-9-6-2)17-10-12-21-13-18-19-14(21)7-3/h13H,5-12H2,1-4H3,(H,16,17). The van der Waals surface area contributed by atoms with Gasteiger partial charge in [0.05, 0.1) is 0 Å². The molecule has 0 unspecified atom stereocenters. The maximum absolute atomic E-state index is 4.65. The number of nitrogens with one attached hydrogen (secondary N) is 1. The zero-order valence-corrected chi connectivity index (χ0v) is 14.0. The van der Waals surface area contributed by atoms with E-state index >= 15 is 0 Å². The first-order valence-electron chi connectivity index (χ1n) is 8.09. The van der Waals surface area contributed by atoms with E-state index in [1.54, 1.807) is 6.33 Å². The van der Waals surface area contributed by atoms with Crippen LogP contribution < -0.4 is 5.32 Å². The van der Waals surface area contributed by atoms with Crippen LogP contribution in [0.3, 0.4) is 0 Å². The summed E-state index contributed by atoms with van der Waals surface area (Å²) >= 11 is 0. The number of aryl methyl sites for hydroxylation is 1. The molecule has 0 aromatic carbocycles. The van der Waals surface area contributed by atoms with Crippen molar-refractivity contribution in [2.75, 3.05) is 26.7 Å². The van der Waals surface area contributed by atoms with E-state index in [2.05, 4.69) is 57.8 Å². The molecule has 0 radical (unpaired) electrons. The van der Waals surface area contributed by atoms with Gasteiger partial charge in [-0.15, -0.1) is 10.2 Å². The molecule has 0 bridgehead atoms. The highest BCUT2D eigenvalue weighted by molar-refractivity contribution is 5.79. The van der Waals surface area contributed by atoms with Crippen LogP contribution in [-0.4, -0.2) is 52.3 Å². The summed E-state index contributed by atoms with van der Waals surface area (Å²) in [6.45, 7) is 10.1. The van der Waals surface area contributed by atoms with Crippen LogP contribution >= 0.6 is 0 Å². The second-order valence-electron chi connectivity index (χ2n) is 5.20. The van der Waals surface area contributed by atoms with Crippen LogP contribution in [0.25, 0.3) is 0 Å². The Bertz CT molecular complexity index is 412. The van der Waals surface area contributed by atoms with Gasteiger partial charge in [0.25, 0.3) is 0 Å². The van der Waals surface area contributed by atoms with Crippen molar-refractivity contribution in [3.8, 4) is 0 Å². The van der Waals surface area contributed by atoms with Crippen molar-refractivity contribution < 1.29 is 0 Å². The van der Waals surface area contributed by atoms with Gasteiger partial charge in [-0.2, -0.15) is 0 Å². The largest absolute Gasteiger partial charge is 0.354 e. The molecule has 120 valence electrons. The number of nitrogens with zero attached hydrogens (tertiary/aromatic N) is 5. The Kier molecular flexibility index (Phi) is 8.47. The number of aromatic nitrogens is 3. The van der Waals surface area contributed by atoms with Gasteiger partial charge in [-0.1, -0.05) is 27.2 Å². The van der Waals surface area contributed by atoms with Crippen molar-refractivity contribution >= 4 is 5.96 Å². The molecule has 21 heavy (non-hydrogen) atoms. The Morgan fingerprint density at radius 2 is 2.14 bits per heavy atom. The highest BCUT2D eigenvalue weighted by Gasteiger charge is 2.06. The minimum absolute atomic E-state index is 0.837. The Hall–Kier alpha value is -1.59. The predicted molar refractivity (Wildman–Crippen MR) is 87.5 cm³/mol. The molecule has 6 heteroatoms. The van der Waals surface area contributed by atoms with Gasteiger partial charge in [0.2, 0.25) is 0 Å². The van der Waals surface area contributed by atoms with Crippen molar-refractivity contribution in [2.24, 2.45) is 4.99 Å². The number of unbranched alkanes of at least 4 members (excludes halogenated alkanes) is 1. The Morgan fingerprint density at radius 3 is 2.81 bits per heavy atom. The molecule has 1 rings (SSSR count). The van der Waals surface area contributed by atoms with E-state index in [9.17, 15) is 0 Å². The molecule has 0 spiro atoms. The molecule has 0 amide bonds. The number of hydrogen-bond donors (Lipinski definition) is 1. The molecule has 6 nitrogen and oxygen atoms in total. The highest BCUT2D eigenvalue weighted by Crippen LogP contribution is 1.96. The van der Waals surface area contributed by atoms with Crippen molar-refractivity contribution in [3.05, 3.63) is 12.2 Å². The topological polar surface area (TPSA) is 58.3 Å². The third-order valence-electron chi connectivity index (χ3n) is 3.34. The van der Waals surface area contributed by atoms with E-state index in [1.807, 2.05) is 0 Å². The molecular weight excluding hydrogens is 264 g/mol. The van der Waals surface area contributed by atoms with Gasteiger partial charge in [-0.05, 0) is 12.8 Å². The third kappa shape index (κ3) is 6.14. The molecule has 0 saturated heterocycles. The summed E-state index contributed by atoms with van der Waals surface area (Å²) in [5.41, 5.74) is 0. The SMILES string of the molecule is CCCCN(C)C(=NCCC)NCCn1cnnc1CC. The van der Waals surface area contributed by atoms with Crippen LogP contribution in [0.15, 0.2) is 11.3 Å². The number of hydrogen-bond acceptors (Lipinski definition) is 3. The Morgan fingerprint density at radius 1 is 1.33 bits per heavy atom. The summed E-state index contributed by atoms with van der Waals surface area (Å²) < 4.78 is 2.09.